The van der Waals surface area contributed by atoms with Crippen LogP contribution >= 0.6 is 15.9 Å². The molecule has 1 amide bonds. The normalized spacial score (nSPS) is 11.1. The topological polar surface area (TPSA) is 79.4 Å². The van der Waals surface area contributed by atoms with Gasteiger partial charge in [0.1, 0.15) is 0 Å². The first kappa shape index (κ1) is 24.6. The molecule has 4 rings (SSSR count). The first-order valence-electron chi connectivity index (χ1n) is 10.9. The number of rotatable bonds is 8. The standard InChI is InChI=1S/C27H24BrN3O3S/c1-35(33,34)31(26-4-2-3-24(28)18-26)19-22-5-9-23(10-6-22)27(32)30-25-11-7-20(8-12-25)17-21-13-15-29-16-14-21/h2-16,18H,17,19H2,1H3,(H,30,32). The molecule has 0 unspecified atom stereocenters. The second-order valence-electron chi connectivity index (χ2n) is 8.13. The van der Waals surface area contributed by atoms with Crippen molar-refractivity contribution in [2.24, 2.45) is 0 Å². The van der Waals surface area contributed by atoms with Crippen LogP contribution in [0.1, 0.15) is 27.0 Å². The molecule has 8 heteroatoms. The molecule has 0 bridgehead atoms. The van der Waals surface area contributed by atoms with Crippen LogP contribution in [0.5, 0.6) is 0 Å². The number of sulfonamides is 1. The summed E-state index contributed by atoms with van der Waals surface area (Å²) in [5.74, 6) is -0.231. The van der Waals surface area contributed by atoms with Gasteiger partial charge >= 0.3 is 0 Å². The molecular formula is C27H24BrN3O3S. The number of carbonyl (C=O) groups is 1. The van der Waals surface area contributed by atoms with E-state index in [1.54, 1.807) is 54.9 Å². The number of pyridine rings is 1. The smallest absolute Gasteiger partial charge is 0.255 e. The Morgan fingerprint density at radius 1 is 0.886 bits per heavy atom. The molecule has 0 spiro atoms. The van der Waals surface area contributed by atoms with Crippen LogP contribution in [0.15, 0.2) is 102 Å². The molecule has 0 aliphatic rings. The van der Waals surface area contributed by atoms with Crippen molar-refractivity contribution < 1.29 is 13.2 Å². The van der Waals surface area contributed by atoms with Gasteiger partial charge in [-0.25, -0.2) is 8.42 Å². The van der Waals surface area contributed by atoms with E-state index in [4.69, 9.17) is 0 Å². The number of amides is 1. The fourth-order valence-electron chi connectivity index (χ4n) is 3.60. The number of anilines is 2. The number of hydrogen-bond donors (Lipinski definition) is 1. The third-order valence-electron chi connectivity index (χ3n) is 5.41. The van der Waals surface area contributed by atoms with Crippen molar-refractivity contribution in [1.82, 2.24) is 4.98 Å². The van der Waals surface area contributed by atoms with Crippen molar-refractivity contribution in [3.63, 3.8) is 0 Å². The van der Waals surface area contributed by atoms with Crippen LogP contribution in [0, 0.1) is 0 Å². The first-order chi connectivity index (χ1) is 16.8. The fourth-order valence-corrected chi connectivity index (χ4v) is 4.87. The van der Waals surface area contributed by atoms with Gasteiger partial charge in [-0.05, 0) is 77.7 Å². The molecule has 0 fully saturated rings. The fraction of sp³-hybridized carbons (Fsp3) is 0.111. The van der Waals surface area contributed by atoms with Crippen LogP contribution in [-0.4, -0.2) is 25.6 Å². The molecule has 0 saturated carbocycles. The highest BCUT2D eigenvalue weighted by Crippen LogP contribution is 2.24. The van der Waals surface area contributed by atoms with Gasteiger partial charge < -0.3 is 5.32 Å². The van der Waals surface area contributed by atoms with Crippen molar-refractivity contribution in [3.8, 4) is 0 Å². The number of carbonyl (C=O) groups excluding carboxylic acids is 1. The van der Waals surface area contributed by atoms with Crippen LogP contribution in [0.2, 0.25) is 0 Å². The van der Waals surface area contributed by atoms with Gasteiger partial charge in [-0.15, -0.1) is 0 Å². The van der Waals surface area contributed by atoms with E-state index in [0.717, 1.165) is 22.0 Å². The lowest BCUT2D eigenvalue weighted by Crippen LogP contribution is -2.29. The minimum absolute atomic E-state index is 0.163. The highest BCUT2D eigenvalue weighted by molar-refractivity contribution is 9.10. The Kier molecular flexibility index (Phi) is 7.63. The van der Waals surface area contributed by atoms with E-state index in [2.05, 4.69) is 26.2 Å². The zero-order valence-corrected chi connectivity index (χ0v) is 21.5. The van der Waals surface area contributed by atoms with Crippen molar-refractivity contribution in [2.75, 3.05) is 15.9 Å². The lowest BCUT2D eigenvalue weighted by molar-refractivity contribution is 0.102. The third-order valence-corrected chi connectivity index (χ3v) is 7.04. The Bertz CT molecular complexity index is 1410. The molecule has 0 atom stereocenters. The maximum atomic E-state index is 12.7. The van der Waals surface area contributed by atoms with E-state index in [1.165, 1.54) is 16.1 Å². The predicted molar refractivity (Wildman–Crippen MR) is 143 cm³/mol. The number of hydrogen-bond acceptors (Lipinski definition) is 4. The van der Waals surface area contributed by atoms with Gasteiger partial charge in [-0.2, -0.15) is 0 Å². The Balaban J connectivity index is 1.41. The molecule has 1 N–H and O–H groups in total. The molecule has 4 aromatic rings. The third kappa shape index (κ3) is 6.77. The largest absolute Gasteiger partial charge is 0.322 e. The second kappa shape index (κ2) is 10.8. The zero-order valence-electron chi connectivity index (χ0n) is 19.1. The van der Waals surface area contributed by atoms with E-state index < -0.39 is 10.0 Å². The summed E-state index contributed by atoms with van der Waals surface area (Å²) in [5, 5.41) is 2.91. The van der Waals surface area contributed by atoms with Gasteiger partial charge in [0.05, 0.1) is 18.5 Å². The van der Waals surface area contributed by atoms with Crippen LogP contribution in [0.4, 0.5) is 11.4 Å². The van der Waals surface area contributed by atoms with E-state index in [0.29, 0.717) is 16.9 Å². The minimum atomic E-state index is -3.49. The first-order valence-corrected chi connectivity index (χ1v) is 13.5. The summed E-state index contributed by atoms with van der Waals surface area (Å²) in [6, 6.07) is 25.8. The molecule has 1 heterocycles. The van der Waals surface area contributed by atoms with Crippen LogP contribution in [0.25, 0.3) is 0 Å². The Morgan fingerprint density at radius 3 is 2.14 bits per heavy atom. The van der Waals surface area contributed by atoms with E-state index in [-0.39, 0.29) is 12.5 Å². The zero-order chi connectivity index (χ0) is 24.8. The second-order valence-corrected chi connectivity index (χ2v) is 11.0. The molecule has 6 nitrogen and oxygen atoms in total. The average molecular weight is 550 g/mol. The van der Waals surface area contributed by atoms with Crippen LogP contribution in [-0.2, 0) is 23.0 Å². The molecule has 1 aromatic heterocycles. The van der Waals surface area contributed by atoms with Gasteiger partial charge in [0.25, 0.3) is 5.91 Å². The lowest BCUT2D eigenvalue weighted by atomic mass is 10.1. The monoisotopic (exact) mass is 549 g/mol. The van der Waals surface area contributed by atoms with Gasteiger partial charge in [0.15, 0.2) is 0 Å². The molecule has 35 heavy (non-hydrogen) atoms. The number of aromatic nitrogens is 1. The van der Waals surface area contributed by atoms with Gasteiger partial charge in [-0.3, -0.25) is 14.1 Å². The number of benzene rings is 3. The molecular weight excluding hydrogens is 526 g/mol. The summed E-state index contributed by atoms with van der Waals surface area (Å²) in [6.07, 6.45) is 5.52. The Labute approximate surface area is 213 Å². The van der Waals surface area contributed by atoms with Crippen molar-refractivity contribution >= 4 is 43.2 Å². The van der Waals surface area contributed by atoms with Gasteiger partial charge in [-0.1, -0.05) is 46.3 Å². The number of nitrogens with one attached hydrogen (secondary N) is 1. The molecule has 0 aliphatic heterocycles. The summed E-state index contributed by atoms with van der Waals surface area (Å²) in [6.45, 7) is 0.163. The molecule has 0 aliphatic carbocycles. The molecule has 178 valence electrons. The van der Waals surface area contributed by atoms with Crippen molar-refractivity contribution in [2.45, 2.75) is 13.0 Å². The Hall–Kier alpha value is -3.49. The molecule has 0 saturated heterocycles. The van der Waals surface area contributed by atoms with Crippen molar-refractivity contribution in [3.05, 3.63) is 124 Å². The minimum Gasteiger partial charge on any atom is -0.322 e. The summed E-state index contributed by atoms with van der Waals surface area (Å²) in [7, 11) is -3.49. The van der Waals surface area contributed by atoms with Crippen molar-refractivity contribution in [1.29, 1.82) is 0 Å². The van der Waals surface area contributed by atoms with E-state index in [1.807, 2.05) is 42.5 Å². The molecule has 3 aromatic carbocycles. The maximum absolute atomic E-state index is 12.7. The Morgan fingerprint density at radius 2 is 1.51 bits per heavy atom. The maximum Gasteiger partial charge on any atom is 0.255 e. The summed E-state index contributed by atoms with van der Waals surface area (Å²) >= 11 is 3.39. The lowest BCUT2D eigenvalue weighted by Gasteiger charge is -2.23. The van der Waals surface area contributed by atoms with Crippen LogP contribution < -0.4 is 9.62 Å². The SMILES string of the molecule is CS(=O)(=O)N(Cc1ccc(C(=O)Nc2ccc(Cc3ccncc3)cc2)cc1)c1cccc(Br)c1. The summed E-state index contributed by atoms with van der Waals surface area (Å²) < 4.78 is 26.9. The number of halogens is 1. The van der Waals surface area contributed by atoms with E-state index >= 15 is 0 Å². The highest BCUT2D eigenvalue weighted by atomic mass is 79.9. The number of nitrogens with zero attached hydrogens (tertiary/aromatic N) is 2. The van der Waals surface area contributed by atoms with E-state index in [9.17, 15) is 13.2 Å². The predicted octanol–water partition coefficient (Wildman–Crippen LogP) is 5.65. The quantitative estimate of drug-likeness (QED) is 0.308. The van der Waals surface area contributed by atoms with Crippen LogP contribution in [0.3, 0.4) is 0 Å². The summed E-state index contributed by atoms with van der Waals surface area (Å²) in [4.78, 5) is 16.7. The van der Waals surface area contributed by atoms with Gasteiger partial charge in [0, 0.05) is 28.1 Å². The highest BCUT2D eigenvalue weighted by Gasteiger charge is 2.18. The average Bonchev–Trinajstić information content (AvgIpc) is 2.84. The van der Waals surface area contributed by atoms with Gasteiger partial charge in [0.2, 0.25) is 10.0 Å². The summed E-state index contributed by atoms with van der Waals surface area (Å²) in [5.41, 5.74) is 4.84. The molecule has 0 radical (unpaired) electrons.